The van der Waals surface area contributed by atoms with E-state index in [0.29, 0.717) is 13.0 Å². The number of hydrogen-bond acceptors (Lipinski definition) is 4. The van der Waals surface area contributed by atoms with Crippen LogP contribution in [0.15, 0.2) is 47.8 Å². The molecule has 2 unspecified atom stereocenters. The van der Waals surface area contributed by atoms with Gasteiger partial charge in [0.25, 0.3) is 0 Å². The van der Waals surface area contributed by atoms with Gasteiger partial charge in [0.1, 0.15) is 0 Å². The molecule has 0 saturated heterocycles. The van der Waals surface area contributed by atoms with E-state index in [4.69, 9.17) is 5.11 Å². The quantitative estimate of drug-likeness (QED) is 0.700. The summed E-state index contributed by atoms with van der Waals surface area (Å²) in [7, 11) is 0. The zero-order valence-electron chi connectivity index (χ0n) is 14.0. The smallest absolute Gasteiger partial charge is 0.355 e. The van der Waals surface area contributed by atoms with Gasteiger partial charge in [-0.1, -0.05) is 42.5 Å². The molecule has 1 fully saturated rings. The molecule has 2 N–H and O–H groups in total. The van der Waals surface area contributed by atoms with Crippen LogP contribution in [0.1, 0.15) is 33.4 Å². The first-order chi connectivity index (χ1) is 12.6. The van der Waals surface area contributed by atoms with Crippen molar-refractivity contribution in [2.75, 3.05) is 6.54 Å². The van der Waals surface area contributed by atoms with E-state index < -0.39 is 5.97 Å². The largest absolute Gasteiger partial charge is 0.476 e. The number of carbonyl (C=O) groups excluding carboxylic acids is 1. The average Bonchev–Trinajstić information content (AvgIpc) is 3.31. The Hall–Kier alpha value is -2.73. The molecule has 4 rings (SSSR count). The number of thiazole rings is 1. The molecule has 1 aliphatic rings. The second-order valence-electron chi connectivity index (χ2n) is 6.49. The molecule has 26 heavy (non-hydrogen) atoms. The highest BCUT2D eigenvalue weighted by Crippen LogP contribution is 2.49. The Kier molecular flexibility index (Phi) is 4.42. The van der Waals surface area contributed by atoms with Gasteiger partial charge in [0.2, 0.25) is 5.91 Å². The number of carboxylic acids is 1. The van der Waals surface area contributed by atoms with Crippen molar-refractivity contribution >= 4 is 34.0 Å². The topological polar surface area (TPSA) is 79.3 Å². The van der Waals surface area contributed by atoms with E-state index in [0.717, 1.165) is 11.4 Å². The van der Waals surface area contributed by atoms with Crippen molar-refractivity contribution in [2.45, 2.75) is 18.8 Å². The van der Waals surface area contributed by atoms with Gasteiger partial charge in [-0.05, 0) is 28.7 Å². The van der Waals surface area contributed by atoms with Crippen LogP contribution in [-0.4, -0.2) is 28.5 Å². The molecule has 0 spiro atoms. The van der Waals surface area contributed by atoms with Crippen molar-refractivity contribution in [1.29, 1.82) is 0 Å². The summed E-state index contributed by atoms with van der Waals surface area (Å²) in [5.74, 6) is -0.656. The number of fused-ring (bicyclic) bond motifs is 1. The Morgan fingerprint density at radius 1 is 1.19 bits per heavy atom. The molecule has 1 aromatic heterocycles. The Morgan fingerprint density at radius 2 is 2.00 bits per heavy atom. The van der Waals surface area contributed by atoms with Gasteiger partial charge in [0, 0.05) is 24.3 Å². The zero-order valence-corrected chi connectivity index (χ0v) is 14.8. The number of nitrogens with one attached hydrogen (secondary N) is 1. The van der Waals surface area contributed by atoms with Crippen molar-refractivity contribution in [1.82, 2.24) is 10.3 Å². The van der Waals surface area contributed by atoms with Crippen LogP contribution in [-0.2, 0) is 11.2 Å². The molecule has 0 radical (unpaired) electrons. The monoisotopic (exact) mass is 366 g/mol. The van der Waals surface area contributed by atoms with E-state index >= 15 is 0 Å². The maximum Gasteiger partial charge on any atom is 0.355 e. The number of nitrogens with zero attached hydrogens (tertiary/aromatic N) is 1. The lowest BCUT2D eigenvalue weighted by atomic mass is 10.00. The third kappa shape index (κ3) is 3.32. The van der Waals surface area contributed by atoms with Crippen molar-refractivity contribution < 1.29 is 14.7 Å². The summed E-state index contributed by atoms with van der Waals surface area (Å²) in [6.07, 6.45) is 1.43. The standard InChI is InChI=1S/C20H18N2O3S/c23-19(21-9-8-18-22-17(11-26-18)20(24)25)16-10-15(16)14-7-3-5-12-4-1-2-6-13(12)14/h1-7,11,15-16H,8-10H2,(H,21,23)(H,24,25). The maximum atomic E-state index is 12.4. The lowest BCUT2D eigenvalue weighted by Crippen LogP contribution is -2.27. The molecule has 5 nitrogen and oxygen atoms in total. The normalized spacial score (nSPS) is 18.6. The van der Waals surface area contributed by atoms with E-state index in [1.165, 1.54) is 33.1 Å². The van der Waals surface area contributed by atoms with Gasteiger partial charge in [-0.15, -0.1) is 11.3 Å². The summed E-state index contributed by atoms with van der Waals surface area (Å²) in [6.45, 7) is 0.476. The molecule has 6 heteroatoms. The van der Waals surface area contributed by atoms with Crippen molar-refractivity contribution in [3.05, 3.63) is 64.1 Å². The maximum absolute atomic E-state index is 12.4. The SMILES string of the molecule is O=C(O)c1csc(CCNC(=O)C2CC2c2cccc3ccccc23)n1. The van der Waals surface area contributed by atoms with Crippen LogP contribution in [0.5, 0.6) is 0 Å². The summed E-state index contributed by atoms with van der Waals surface area (Å²) >= 11 is 1.31. The fourth-order valence-corrected chi connectivity index (χ4v) is 4.12. The minimum absolute atomic E-state index is 0.0201. The third-order valence-electron chi connectivity index (χ3n) is 4.76. The Bertz CT molecular complexity index is 977. The molecule has 1 heterocycles. The van der Waals surface area contributed by atoms with Crippen LogP contribution in [0.2, 0.25) is 0 Å². The fraction of sp³-hybridized carbons (Fsp3) is 0.250. The Labute approximate surface area is 154 Å². The summed E-state index contributed by atoms with van der Waals surface area (Å²) in [6, 6.07) is 14.5. The first-order valence-corrected chi connectivity index (χ1v) is 9.44. The van der Waals surface area contributed by atoms with Crippen LogP contribution in [0.3, 0.4) is 0 Å². The van der Waals surface area contributed by atoms with Gasteiger partial charge < -0.3 is 10.4 Å². The van der Waals surface area contributed by atoms with E-state index in [1.807, 2.05) is 18.2 Å². The second kappa shape index (κ2) is 6.88. The van der Waals surface area contributed by atoms with Gasteiger partial charge in [-0.3, -0.25) is 4.79 Å². The molecule has 1 amide bonds. The molecule has 2 atom stereocenters. The number of hydrogen-bond donors (Lipinski definition) is 2. The van der Waals surface area contributed by atoms with Gasteiger partial charge in [0.05, 0.1) is 5.01 Å². The van der Waals surface area contributed by atoms with Crippen LogP contribution < -0.4 is 5.32 Å². The van der Waals surface area contributed by atoms with Crippen molar-refractivity contribution in [2.24, 2.45) is 5.92 Å². The van der Waals surface area contributed by atoms with Crippen LogP contribution in [0, 0.1) is 5.92 Å². The summed E-state index contributed by atoms with van der Waals surface area (Å²) in [5, 5.41) is 16.5. The molecule has 3 aromatic rings. The van der Waals surface area contributed by atoms with Gasteiger partial charge >= 0.3 is 5.97 Å². The zero-order chi connectivity index (χ0) is 18.1. The highest BCUT2D eigenvalue weighted by Gasteiger charge is 2.44. The van der Waals surface area contributed by atoms with E-state index in [-0.39, 0.29) is 23.4 Å². The Balaban J connectivity index is 1.34. The summed E-state index contributed by atoms with van der Waals surface area (Å²) < 4.78 is 0. The van der Waals surface area contributed by atoms with Gasteiger partial charge in [-0.25, -0.2) is 9.78 Å². The van der Waals surface area contributed by atoms with Crippen LogP contribution in [0.25, 0.3) is 10.8 Å². The highest BCUT2D eigenvalue weighted by molar-refractivity contribution is 7.09. The molecule has 1 saturated carbocycles. The summed E-state index contributed by atoms with van der Waals surface area (Å²) in [5.41, 5.74) is 1.31. The number of carboxylic acid groups (broad SMARTS) is 1. The predicted octanol–water partition coefficient (Wildman–Crippen LogP) is 3.46. The van der Waals surface area contributed by atoms with Crippen LogP contribution in [0.4, 0.5) is 0 Å². The number of aromatic nitrogens is 1. The minimum atomic E-state index is -1.02. The molecule has 0 bridgehead atoms. The highest BCUT2D eigenvalue weighted by atomic mass is 32.1. The average molecular weight is 366 g/mol. The number of benzene rings is 2. The lowest BCUT2D eigenvalue weighted by molar-refractivity contribution is -0.122. The summed E-state index contributed by atoms with van der Waals surface area (Å²) in [4.78, 5) is 27.3. The number of rotatable bonds is 6. The van der Waals surface area contributed by atoms with E-state index in [2.05, 4.69) is 34.6 Å². The van der Waals surface area contributed by atoms with Crippen molar-refractivity contribution in [3.8, 4) is 0 Å². The van der Waals surface area contributed by atoms with Gasteiger partial charge in [-0.2, -0.15) is 0 Å². The molecular formula is C20H18N2O3S. The Morgan fingerprint density at radius 3 is 2.81 bits per heavy atom. The fourth-order valence-electron chi connectivity index (χ4n) is 3.35. The lowest BCUT2D eigenvalue weighted by Gasteiger charge is -2.07. The van der Waals surface area contributed by atoms with Gasteiger partial charge in [0.15, 0.2) is 5.69 Å². The third-order valence-corrected chi connectivity index (χ3v) is 5.67. The number of carbonyl (C=O) groups is 2. The molecule has 132 valence electrons. The first kappa shape index (κ1) is 16.7. The molecule has 0 aliphatic heterocycles. The molecule has 2 aromatic carbocycles. The molecule has 1 aliphatic carbocycles. The predicted molar refractivity (Wildman–Crippen MR) is 101 cm³/mol. The van der Waals surface area contributed by atoms with E-state index in [9.17, 15) is 9.59 Å². The van der Waals surface area contributed by atoms with Crippen LogP contribution >= 0.6 is 11.3 Å². The number of amides is 1. The van der Waals surface area contributed by atoms with Crippen molar-refractivity contribution in [3.63, 3.8) is 0 Å². The molecular weight excluding hydrogens is 348 g/mol. The first-order valence-electron chi connectivity index (χ1n) is 8.56. The second-order valence-corrected chi connectivity index (χ2v) is 7.43. The minimum Gasteiger partial charge on any atom is -0.476 e. The van der Waals surface area contributed by atoms with E-state index in [1.54, 1.807) is 0 Å². The number of aromatic carboxylic acids is 1.